The van der Waals surface area contributed by atoms with Crippen LogP contribution >= 0.6 is 0 Å². The zero-order chi connectivity index (χ0) is 22.9. The summed E-state index contributed by atoms with van der Waals surface area (Å²) in [7, 11) is 0. The standard InChI is InChI=1S/C29H24O4/c30-28(26(22-13-5-1-6-14-22)23-15-7-2-8-16-23)32-21-33-29(31)27(24-17-9-3-10-18-24)25-19-11-4-12-20-25/h1-20,26-27H,21H2. The summed E-state index contributed by atoms with van der Waals surface area (Å²) in [6.45, 7) is -0.454. The van der Waals surface area contributed by atoms with Gasteiger partial charge in [-0.25, -0.2) is 0 Å². The summed E-state index contributed by atoms with van der Waals surface area (Å²) in [6, 6.07) is 37.6. The van der Waals surface area contributed by atoms with Crippen LogP contribution in [0.15, 0.2) is 121 Å². The number of rotatable bonds is 8. The lowest BCUT2D eigenvalue weighted by Crippen LogP contribution is -2.23. The predicted molar refractivity (Wildman–Crippen MR) is 127 cm³/mol. The zero-order valence-electron chi connectivity index (χ0n) is 18.0. The van der Waals surface area contributed by atoms with Gasteiger partial charge in [-0.2, -0.15) is 0 Å². The van der Waals surface area contributed by atoms with Crippen molar-refractivity contribution in [1.82, 2.24) is 0 Å². The fourth-order valence-electron chi connectivity index (χ4n) is 3.82. The van der Waals surface area contributed by atoms with Crippen LogP contribution in [0.4, 0.5) is 0 Å². The van der Waals surface area contributed by atoms with Crippen molar-refractivity contribution < 1.29 is 19.1 Å². The molecule has 4 aromatic carbocycles. The quantitative estimate of drug-likeness (QED) is 0.263. The highest BCUT2D eigenvalue weighted by molar-refractivity contribution is 5.83. The van der Waals surface area contributed by atoms with Crippen LogP contribution in [-0.2, 0) is 19.1 Å². The van der Waals surface area contributed by atoms with Crippen molar-refractivity contribution in [2.75, 3.05) is 6.79 Å². The van der Waals surface area contributed by atoms with Crippen LogP contribution in [0.2, 0.25) is 0 Å². The van der Waals surface area contributed by atoms with E-state index in [0.29, 0.717) is 0 Å². The van der Waals surface area contributed by atoms with E-state index in [1.165, 1.54) is 0 Å². The molecule has 33 heavy (non-hydrogen) atoms. The lowest BCUT2D eigenvalue weighted by molar-refractivity contribution is -0.168. The molecule has 0 amide bonds. The minimum absolute atomic E-state index is 0.454. The Balaban J connectivity index is 1.47. The molecular formula is C29H24O4. The van der Waals surface area contributed by atoms with Crippen LogP contribution in [0.3, 0.4) is 0 Å². The van der Waals surface area contributed by atoms with Crippen molar-refractivity contribution in [3.63, 3.8) is 0 Å². The highest BCUT2D eigenvalue weighted by atomic mass is 16.7. The van der Waals surface area contributed by atoms with Gasteiger partial charge in [0, 0.05) is 0 Å². The maximum absolute atomic E-state index is 13.0. The first kappa shape index (κ1) is 22.0. The zero-order valence-corrected chi connectivity index (χ0v) is 18.0. The van der Waals surface area contributed by atoms with Gasteiger partial charge in [-0.3, -0.25) is 9.59 Å². The first-order valence-corrected chi connectivity index (χ1v) is 10.8. The summed E-state index contributed by atoms with van der Waals surface area (Å²) in [5.74, 6) is -2.16. The molecule has 0 heterocycles. The molecule has 0 bridgehead atoms. The third-order valence-electron chi connectivity index (χ3n) is 5.41. The van der Waals surface area contributed by atoms with E-state index in [1.807, 2.05) is 121 Å². The van der Waals surface area contributed by atoms with Crippen LogP contribution in [0.25, 0.3) is 0 Å². The van der Waals surface area contributed by atoms with Crippen molar-refractivity contribution in [2.24, 2.45) is 0 Å². The van der Waals surface area contributed by atoms with E-state index in [9.17, 15) is 9.59 Å². The molecule has 0 aromatic heterocycles. The molecule has 0 N–H and O–H groups in total. The summed E-state index contributed by atoms with van der Waals surface area (Å²) < 4.78 is 10.8. The Morgan fingerprint density at radius 2 is 0.697 bits per heavy atom. The maximum atomic E-state index is 13.0. The molecule has 0 spiro atoms. The first-order valence-electron chi connectivity index (χ1n) is 10.8. The average Bonchev–Trinajstić information content (AvgIpc) is 2.87. The smallest absolute Gasteiger partial charge is 0.320 e. The van der Waals surface area contributed by atoms with Gasteiger partial charge in [0.15, 0.2) is 0 Å². The lowest BCUT2D eigenvalue weighted by Gasteiger charge is -2.19. The van der Waals surface area contributed by atoms with E-state index in [-0.39, 0.29) is 0 Å². The van der Waals surface area contributed by atoms with Crippen molar-refractivity contribution >= 4 is 11.9 Å². The minimum atomic E-state index is -0.606. The average molecular weight is 437 g/mol. The Morgan fingerprint density at radius 1 is 0.455 bits per heavy atom. The third kappa shape index (κ3) is 5.55. The first-order chi connectivity index (χ1) is 16.2. The highest BCUT2D eigenvalue weighted by Gasteiger charge is 2.27. The van der Waals surface area contributed by atoms with Crippen molar-refractivity contribution in [3.8, 4) is 0 Å². The van der Waals surface area contributed by atoms with Crippen LogP contribution in [-0.4, -0.2) is 18.7 Å². The number of carbonyl (C=O) groups excluding carboxylic acids is 2. The summed E-state index contributed by atoms with van der Waals surface area (Å²) in [4.78, 5) is 26.0. The Bertz CT molecular complexity index is 985. The van der Waals surface area contributed by atoms with E-state index in [1.54, 1.807) is 0 Å². The number of carbonyl (C=O) groups is 2. The summed E-state index contributed by atoms with van der Waals surface area (Å²) >= 11 is 0. The largest absolute Gasteiger partial charge is 0.427 e. The molecule has 4 heteroatoms. The van der Waals surface area contributed by atoms with Gasteiger partial charge in [-0.15, -0.1) is 0 Å². The monoisotopic (exact) mass is 436 g/mol. The number of hydrogen-bond acceptors (Lipinski definition) is 4. The van der Waals surface area contributed by atoms with E-state index >= 15 is 0 Å². The van der Waals surface area contributed by atoms with Gasteiger partial charge < -0.3 is 9.47 Å². The van der Waals surface area contributed by atoms with E-state index in [2.05, 4.69) is 0 Å². The maximum Gasteiger partial charge on any atom is 0.320 e. The van der Waals surface area contributed by atoms with Gasteiger partial charge in [-0.05, 0) is 22.3 Å². The second-order valence-electron chi connectivity index (χ2n) is 7.55. The lowest BCUT2D eigenvalue weighted by atomic mass is 9.91. The van der Waals surface area contributed by atoms with E-state index < -0.39 is 30.6 Å². The Morgan fingerprint density at radius 3 is 0.939 bits per heavy atom. The number of esters is 2. The predicted octanol–water partition coefficient (Wildman–Crippen LogP) is 5.69. The molecule has 0 unspecified atom stereocenters. The van der Waals surface area contributed by atoms with Crippen LogP contribution in [0.5, 0.6) is 0 Å². The van der Waals surface area contributed by atoms with Crippen molar-refractivity contribution in [1.29, 1.82) is 0 Å². The Kier molecular flexibility index (Phi) is 7.29. The van der Waals surface area contributed by atoms with Crippen LogP contribution < -0.4 is 0 Å². The topological polar surface area (TPSA) is 52.6 Å². The molecular weight excluding hydrogens is 412 g/mol. The molecule has 0 atom stereocenters. The normalized spacial score (nSPS) is 10.7. The molecule has 0 fully saturated rings. The molecule has 0 aliphatic rings. The van der Waals surface area contributed by atoms with Gasteiger partial charge >= 0.3 is 11.9 Å². The summed E-state index contributed by atoms with van der Waals surface area (Å²) in [5.41, 5.74) is 3.25. The molecule has 0 aliphatic carbocycles. The number of benzene rings is 4. The van der Waals surface area contributed by atoms with Gasteiger partial charge in [0.05, 0.1) is 0 Å². The van der Waals surface area contributed by atoms with Crippen LogP contribution in [0, 0.1) is 0 Å². The molecule has 4 nitrogen and oxygen atoms in total. The van der Waals surface area contributed by atoms with Crippen LogP contribution in [0.1, 0.15) is 34.1 Å². The highest BCUT2D eigenvalue weighted by Crippen LogP contribution is 2.28. The molecule has 4 aromatic rings. The summed E-state index contributed by atoms with van der Waals surface area (Å²) in [5, 5.41) is 0. The van der Waals surface area contributed by atoms with E-state index in [4.69, 9.17) is 9.47 Å². The van der Waals surface area contributed by atoms with Crippen molar-refractivity contribution in [3.05, 3.63) is 144 Å². The fraction of sp³-hybridized carbons (Fsp3) is 0.103. The Labute approximate surface area is 193 Å². The van der Waals surface area contributed by atoms with Gasteiger partial charge in [-0.1, -0.05) is 121 Å². The van der Waals surface area contributed by atoms with E-state index in [0.717, 1.165) is 22.3 Å². The minimum Gasteiger partial charge on any atom is -0.427 e. The molecule has 0 aliphatic heterocycles. The van der Waals surface area contributed by atoms with Gasteiger partial charge in [0.1, 0.15) is 11.8 Å². The fourth-order valence-corrected chi connectivity index (χ4v) is 3.82. The second-order valence-corrected chi connectivity index (χ2v) is 7.55. The Hall–Kier alpha value is -4.18. The molecule has 164 valence electrons. The number of hydrogen-bond donors (Lipinski definition) is 0. The molecule has 4 rings (SSSR count). The second kappa shape index (κ2) is 10.9. The third-order valence-corrected chi connectivity index (χ3v) is 5.41. The van der Waals surface area contributed by atoms with Gasteiger partial charge in [0.25, 0.3) is 0 Å². The number of ether oxygens (including phenoxy) is 2. The van der Waals surface area contributed by atoms with Gasteiger partial charge in [0.2, 0.25) is 6.79 Å². The molecule has 0 saturated carbocycles. The SMILES string of the molecule is O=C(OCOC(=O)C(c1ccccc1)c1ccccc1)C(c1ccccc1)c1ccccc1. The molecule has 0 saturated heterocycles. The molecule has 0 radical (unpaired) electrons. The van der Waals surface area contributed by atoms with Crippen molar-refractivity contribution in [2.45, 2.75) is 11.8 Å². The summed E-state index contributed by atoms with van der Waals surface area (Å²) in [6.07, 6.45) is 0.